The molecule has 38 heavy (non-hydrogen) atoms. The van der Waals surface area contributed by atoms with Gasteiger partial charge in [-0.25, -0.2) is 14.8 Å². The number of aromatic nitrogens is 3. The Hall–Kier alpha value is -3.88. The van der Waals surface area contributed by atoms with Crippen LogP contribution < -0.4 is 10.2 Å². The molecule has 1 aliphatic heterocycles. The SMILES string of the molecule is C[C@@H]1CCN(C(=O)CC#N)C[C@@H]1N(C)c1cn(COC(=O)CCCNC(=O)OC(C)(C)C)c2ncncc12. The van der Waals surface area contributed by atoms with Crippen molar-refractivity contribution >= 4 is 34.7 Å². The van der Waals surface area contributed by atoms with Crippen LogP contribution in [0.25, 0.3) is 11.0 Å². The number of nitrogens with one attached hydrogen (secondary N) is 1. The van der Waals surface area contributed by atoms with Crippen molar-refractivity contribution in [3.8, 4) is 6.07 Å². The summed E-state index contributed by atoms with van der Waals surface area (Å²) in [6, 6.07) is 1.97. The molecule has 3 rings (SSSR count). The maximum absolute atomic E-state index is 12.3. The monoisotopic (exact) mass is 527 g/mol. The van der Waals surface area contributed by atoms with E-state index in [9.17, 15) is 14.4 Å². The van der Waals surface area contributed by atoms with Crippen molar-refractivity contribution in [2.24, 2.45) is 5.92 Å². The van der Waals surface area contributed by atoms with Crippen molar-refractivity contribution in [1.82, 2.24) is 24.8 Å². The Morgan fingerprint density at radius 3 is 2.79 bits per heavy atom. The van der Waals surface area contributed by atoms with Gasteiger partial charge in [0.05, 0.1) is 17.1 Å². The van der Waals surface area contributed by atoms with Crippen molar-refractivity contribution in [3.63, 3.8) is 0 Å². The topological polar surface area (TPSA) is 143 Å². The molecular weight excluding hydrogens is 490 g/mol. The highest BCUT2D eigenvalue weighted by Gasteiger charge is 2.32. The van der Waals surface area contributed by atoms with E-state index in [1.54, 1.807) is 36.4 Å². The summed E-state index contributed by atoms with van der Waals surface area (Å²) in [4.78, 5) is 48.8. The molecule has 2 atom stereocenters. The van der Waals surface area contributed by atoms with Crippen LogP contribution in [0.15, 0.2) is 18.7 Å². The summed E-state index contributed by atoms with van der Waals surface area (Å²) in [6.07, 6.45) is 5.79. The summed E-state index contributed by atoms with van der Waals surface area (Å²) in [5.41, 5.74) is 0.911. The number of likely N-dealkylation sites (tertiary alicyclic amines) is 1. The van der Waals surface area contributed by atoms with Crippen LogP contribution in [0.5, 0.6) is 0 Å². The summed E-state index contributed by atoms with van der Waals surface area (Å²) < 4.78 is 12.4. The highest BCUT2D eigenvalue weighted by Crippen LogP contribution is 2.32. The third-order valence-electron chi connectivity index (χ3n) is 6.49. The molecule has 2 amide bonds. The quantitative estimate of drug-likeness (QED) is 0.385. The fourth-order valence-electron chi connectivity index (χ4n) is 4.48. The number of rotatable bonds is 9. The number of alkyl carbamates (subject to hydrolysis) is 1. The number of anilines is 1. The van der Waals surface area contributed by atoms with Gasteiger partial charge in [0.15, 0.2) is 6.73 Å². The lowest BCUT2D eigenvalue weighted by molar-refractivity contribution is -0.147. The molecule has 12 heteroatoms. The lowest BCUT2D eigenvalue weighted by Crippen LogP contribution is -2.52. The van der Waals surface area contributed by atoms with Gasteiger partial charge in [-0.3, -0.25) is 14.2 Å². The third kappa shape index (κ3) is 7.57. The molecule has 0 spiro atoms. The van der Waals surface area contributed by atoms with E-state index in [4.69, 9.17) is 14.7 Å². The first-order chi connectivity index (χ1) is 18.0. The maximum Gasteiger partial charge on any atom is 0.407 e. The standard InChI is InChI=1S/C26H37N7O5/c1-18-9-12-32(22(34)8-10-27)14-20(18)31(5)21-15-33(24-19(21)13-28-16-30-24)17-37-23(35)7-6-11-29-25(36)38-26(2,3)4/h13,15-16,18,20H,6-9,11-12,14,17H2,1-5H3,(H,29,36)/t18-,20+/m1/s1. The third-order valence-corrected chi connectivity index (χ3v) is 6.49. The second kappa shape index (κ2) is 12.6. The number of hydrogen-bond donors (Lipinski definition) is 1. The van der Waals surface area contributed by atoms with Crippen LogP contribution in [0.4, 0.5) is 10.5 Å². The zero-order valence-electron chi connectivity index (χ0n) is 22.8. The zero-order chi connectivity index (χ0) is 27.9. The molecule has 0 bridgehead atoms. The van der Waals surface area contributed by atoms with E-state index in [-0.39, 0.29) is 31.5 Å². The van der Waals surface area contributed by atoms with E-state index in [1.165, 1.54) is 6.33 Å². The van der Waals surface area contributed by atoms with Crippen molar-refractivity contribution in [3.05, 3.63) is 18.7 Å². The lowest BCUT2D eigenvalue weighted by atomic mass is 9.92. The molecule has 206 valence electrons. The largest absolute Gasteiger partial charge is 0.444 e. The summed E-state index contributed by atoms with van der Waals surface area (Å²) in [7, 11) is 1.97. The molecule has 1 aliphatic rings. The molecule has 0 aliphatic carbocycles. The van der Waals surface area contributed by atoms with Crippen molar-refractivity contribution in [2.45, 2.75) is 71.8 Å². The van der Waals surface area contributed by atoms with Crippen molar-refractivity contribution in [1.29, 1.82) is 5.26 Å². The summed E-state index contributed by atoms with van der Waals surface area (Å²) in [5, 5.41) is 12.3. The molecular formula is C26H37N7O5. The molecule has 0 aromatic carbocycles. The Labute approximate surface area is 222 Å². The second-order valence-corrected chi connectivity index (χ2v) is 10.5. The van der Waals surface area contributed by atoms with Gasteiger partial charge in [0.2, 0.25) is 5.91 Å². The smallest absolute Gasteiger partial charge is 0.407 e. The molecule has 1 N–H and O–H groups in total. The normalized spacial score (nSPS) is 17.5. The molecule has 12 nitrogen and oxygen atoms in total. The van der Waals surface area contributed by atoms with E-state index in [0.717, 1.165) is 17.5 Å². The number of nitriles is 1. The molecule has 0 unspecified atom stereocenters. The van der Waals surface area contributed by atoms with Gasteiger partial charge in [-0.05, 0) is 39.5 Å². The number of fused-ring (bicyclic) bond motifs is 1. The Bertz CT molecular complexity index is 1180. The minimum Gasteiger partial charge on any atom is -0.444 e. The number of piperidine rings is 1. The van der Waals surface area contributed by atoms with Gasteiger partial charge >= 0.3 is 12.1 Å². The summed E-state index contributed by atoms with van der Waals surface area (Å²) in [5.74, 6) is -0.229. The minimum absolute atomic E-state index is 0.0211. The first kappa shape index (κ1) is 28.7. The van der Waals surface area contributed by atoms with Crippen LogP contribution in [0.2, 0.25) is 0 Å². The van der Waals surface area contributed by atoms with Gasteiger partial charge in [-0.1, -0.05) is 6.92 Å². The number of nitrogens with zero attached hydrogens (tertiary/aromatic N) is 6. The van der Waals surface area contributed by atoms with Crippen LogP contribution in [-0.2, 0) is 25.8 Å². The Balaban J connectivity index is 1.62. The Morgan fingerprint density at radius 2 is 2.08 bits per heavy atom. The first-order valence-corrected chi connectivity index (χ1v) is 12.8. The minimum atomic E-state index is -0.581. The zero-order valence-corrected chi connectivity index (χ0v) is 22.8. The number of carbonyl (C=O) groups excluding carboxylic acids is 3. The molecule has 2 aromatic heterocycles. The summed E-state index contributed by atoms with van der Waals surface area (Å²) in [6.45, 7) is 8.94. The number of hydrogen-bond acceptors (Lipinski definition) is 9. The van der Waals surface area contributed by atoms with Crippen LogP contribution in [0.1, 0.15) is 53.4 Å². The first-order valence-electron chi connectivity index (χ1n) is 12.8. The fraction of sp³-hybridized carbons (Fsp3) is 0.615. The molecule has 3 heterocycles. The van der Waals surface area contributed by atoms with E-state index in [0.29, 0.717) is 37.6 Å². The van der Waals surface area contributed by atoms with E-state index in [2.05, 4.69) is 27.1 Å². The molecule has 0 saturated carbocycles. The predicted octanol–water partition coefficient (Wildman–Crippen LogP) is 2.82. The molecule has 1 fully saturated rings. The fourth-order valence-corrected chi connectivity index (χ4v) is 4.48. The van der Waals surface area contributed by atoms with Gasteiger partial charge < -0.3 is 24.6 Å². The number of ether oxygens (including phenoxy) is 2. The van der Waals surface area contributed by atoms with Gasteiger partial charge in [-0.2, -0.15) is 5.26 Å². The number of likely N-dealkylation sites (N-methyl/N-ethyl adjacent to an activating group) is 1. The van der Waals surface area contributed by atoms with E-state index < -0.39 is 17.7 Å². The molecule has 0 radical (unpaired) electrons. The van der Waals surface area contributed by atoms with Gasteiger partial charge in [0, 0.05) is 51.5 Å². The highest BCUT2D eigenvalue weighted by molar-refractivity contribution is 5.90. The van der Waals surface area contributed by atoms with Gasteiger partial charge in [0.25, 0.3) is 0 Å². The van der Waals surface area contributed by atoms with E-state index in [1.807, 2.05) is 19.3 Å². The number of amides is 2. The van der Waals surface area contributed by atoms with Gasteiger partial charge in [0.1, 0.15) is 24.0 Å². The van der Waals surface area contributed by atoms with Crippen LogP contribution in [0.3, 0.4) is 0 Å². The average Bonchev–Trinajstić information content (AvgIpc) is 3.23. The Kier molecular flexibility index (Phi) is 9.50. The number of esters is 1. The maximum atomic E-state index is 12.3. The van der Waals surface area contributed by atoms with Crippen molar-refractivity contribution < 1.29 is 23.9 Å². The molecule has 2 aromatic rings. The second-order valence-electron chi connectivity index (χ2n) is 10.5. The van der Waals surface area contributed by atoms with Crippen LogP contribution in [0, 0.1) is 17.2 Å². The highest BCUT2D eigenvalue weighted by atomic mass is 16.6. The van der Waals surface area contributed by atoms with Crippen LogP contribution in [-0.4, -0.2) is 75.7 Å². The van der Waals surface area contributed by atoms with Crippen LogP contribution >= 0.6 is 0 Å². The average molecular weight is 528 g/mol. The van der Waals surface area contributed by atoms with E-state index >= 15 is 0 Å². The summed E-state index contributed by atoms with van der Waals surface area (Å²) >= 11 is 0. The Morgan fingerprint density at radius 1 is 1.32 bits per heavy atom. The lowest BCUT2D eigenvalue weighted by Gasteiger charge is -2.42. The molecule has 1 saturated heterocycles. The predicted molar refractivity (Wildman–Crippen MR) is 140 cm³/mol. The van der Waals surface area contributed by atoms with Gasteiger partial charge in [-0.15, -0.1) is 0 Å². The number of carbonyl (C=O) groups is 3. The van der Waals surface area contributed by atoms with Crippen molar-refractivity contribution in [2.75, 3.05) is 31.6 Å².